The predicted molar refractivity (Wildman–Crippen MR) is 152 cm³/mol. The van der Waals surface area contributed by atoms with Crippen LogP contribution in [0.4, 0.5) is 9.18 Å². The van der Waals surface area contributed by atoms with Gasteiger partial charge in [-0.05, 0) is 87.2 Å². The normalized spacial score (nSPS) is 19.3. The molecule has 2 aromatic carbocycles. The van der Waals surface area contributed by atoms with Crippen molar-refractivity contribution in [3.63, 3.8) is 0 Å². The van der Waals surface area contributed by atoms with Crippen molar-refractivity contribution in [3.8, 4) is 11.4 Å². The van der Waals surface area contributed by atoms with Crippen LogP contribution in [0.15, 0.2) is 65.7 Å². The van der Waals surface area contributed by atoms with Crippen LogP contribution in [0.3, 0.4) is 0 Å². The van der Waals surface area contributed by atoms with E-state index >= 15 is 0 Å². The highest BCUT2D eigenvalue weighted by atomic mass is 19.1. The molecule has 1 atom stereocenters. The quantitative estimate of drug-likeness (QED) is 0.448. The van der Waals surface area contributed by atoms with Gasteiger partial charge in [-0.15, -0.1) is 0 Å². The Kier molecular flexibility index (Phi) is 7.51. The zero-order valence-electron chi connectivity index (χ0n) is 23.5. The minimum absolute atomic E-state index is 0.0151. The van der Waals surface area contributed by atoms with E-state index in [4.69, 9.17) is 9.57 Å². The van der Waals surface area contributed by atoms with Crippen molar-refractivity contribution in [1.82, 2.24) is 24.7 Å². The number of aromatic nitrogens is 2. The Labute approximate surface area is 233 Å². The van der Waals surface area contributed by atoms with E-state index in [1.165, 1.54) is 12.1 Å². The molecule has 40 heavy (non-hydrogen) atoms. The number of hydrogen-bond acceptors (Lipinski definition) is 6. The zero-order valence-corrected chi connectivity index (χ0v) is 23.5. The largest absolute Gasteiger partial charge is 0.495 e. The van der Waals surface area contributed by atoms with Crippen molar-refractivity contribution in [2.75, 3.05) is 27.2 Å². The van der Waals surface area contributed by atoms with E-state index < -0.39 is 5.72 Å². The van der Waals surface area contributed by atoms with Gasteiger partial charge in [0.25, 0.3) is 5.72 Å². The number of methoxy groups -OCH3 is 1. The SMILES string of the molecule is COc1cc(/C=C2\CCCN3C2=NO[C@]3(CN(C)C(=O)NC(C)C)c2ccc(F)cc2)ccc1-n1cnc(C)c1. The van der Waals surface area contributed by atoms with E-state index in [0.29, 0.717) is 12.4 Å². The lowest BCUT2D eigenvalue weighted by Crippen LogP contribution is -2.56. The van der Waals surface area contributed by atoms with Gasteiger partial charge in [-0.2, -0.15) is 0 Å². The highest BCUT2D eigenvalue weighted by Gasteiger charge is 2.51. The van der Waals surface area contributed by atoms with Crippen molar-refractivity contribution >= 4 is 17.9 Å². The standard InChI is InChI=1S/C30H35FN6O3/c1-20(2)33-29(38)35(4)18-30(24-9-11-25(31)12-10-24)37-14-6-7-23(28(37)34-40-30)15-22-8-13-26(27(16-22)39-5)36-17-21(3)32-19-36/h8-13,15-17,19-20H,6-7,14,18H2,1-5H3,(H,33,38)/b23-15+/t30-/m1/s1. The Morgan fingerprint density at radius 3 is 2.73 bits per heavy atom. The van der Waals surface area contributed by atoms with Crippen LogP contribution in [0.2, 0.25) is 0 Å². The monoisotopic (exact) mass is 546 g/mol. The molecule has 0 saturated carbocycles. The van der Waals surface area contributed by atoms with Crippen LogP contribution in [0, 0.1) is 12.7 Å². The van der Waals surface area contributed by atoms with E-state index in [9.17, 15) is 9.18 Å². The maximum atomic E-state index is 13.9. The number of imidazole rings is 1. The number of oxime groups is 1. The van der Waals surface area contributed by atoms with Gasteiger partial charge in [0, 0.05) is 31.4 Å². The lowest BCUT2D eigenvalue weighted by atomic mass is 9.94. The molecule has 1 aromatic heterocycles. The Morgan fingerprint density at radius 1 is 1.27 bits per heavy atom. The molecule has 5 rings (SSSR count). The number of nitrogens with one attached hydrogen (secondary N) is 1. The van der Waals surface area contributed by atoms with E-state index in [-0.39, 0.29) is 24.4 Å². The minimum atomic E-state index is -1.09. The first-order valence-corrected chi connectivity index (χ1v) is 13.4. The summed E-state index contributed by atoms with van der Waals surface area (Å²) in [6.45, 7) is 6.64. The zero-order chi connectivity index (χ0) is 28.4. The summed E-state index contributed by atoms with van der Waals surface area (Å²) in [4.78, 5) is 27.1. The van der Waals surface area contributed by atoms with Gasteiger partial charge in [0.05, 0.1) is 31.4 Å². The molecule has 3 aromatic rings. The van der Waals surface area contributed by atoms with Crippen molar-refractivity contribution in [2.45, 2.75) is 45.4 Å². The molecular formula is C30H35FN6O3. The molecule has 3 heterocycles. The summed E-state index contributed by atoms with van der Waals surface area (Å²) in [6, 6.07) is 12.0. The van der Waals surface area contributed by atoms with Crippen LogP contribution in [-0.2, 0) is 10.6 Å². The number of rotatable bonds is 7. The maximum absolute atomic E-state index is 13.9. The number of aryl methyl sites for hydroxylation is 1. The van der Waals surface area contributed by atoms with Crippen molar-refractivity contribution in [2.24, 2.45) is 5.16 Å². The number of hydrogen-bond donors (Lipinski definition) is 1. The maximum Gasteiger partial charge on any atom is 0.317 e. The molecule has 0 spiro atoms. The molecule has 0 unspecified atom stereocenters. The van der Waals surface area contributed by atoms with Gasteiger partial charge in [-0.1, -0.05) is 11.2 Å². The first-order valence-electron chi connectivity index (χ1n) is 13.4. The molecule has 2 amide bonds. The molecule has 9 nitrogen and oxygen atoms in total. The van der Waals surface area contributed by atoms with Gasteiger partial charge < -0.3 is 29.3 Å². The third kappa shape index (κ3) is 5.25. The number of carbonyl (C=O) groups is 1. The number of carbonyl (C=O) groups excluding carboxylic acids is 1. The van der Waals surface area contributed by atoms with Crippen LogP contribution in [0.5, 0.6) is 5.75 Å². The lowest BCUT2D eigenvalue weighted by Gasteiger charge is -2.42. The second-order valence-electron chi connectivity index (χ2n) is 10.5. The molecule has 10 heteroatoms. The number of amidine groups is 1. The smallest absolute Gasteiger partial charge is 0.317 e. The average molecular weight is 547 g/mol. The molecule has 1 fully saturated rings. The van der Waals surface area contributed by atoms with Crippen LogP contribution >= 0.6 is 0 Å². The molecule has 0 radical (unpaired) electrons. The summed E-state index contributed by atoms with van der Waals surface area (Å²) >= 11 is 0. The molecule has 0 aliphatic carbocycles. The van der Waals surface area contributed by atoms with Crippen LogP contribution in [0.25, 0.3) is 11.8 Å². The number of ether oxygens (including phenoxy) is 1. The van der Waals surface area contributed by atoms with Crippen LogP contribution in [-0.4, -0.2) is 64.5 Å². The van der Waals surface area contributed by atoms with Crippen molar-refractivity contribution < 1.29 is 18.8 Å². The van der Waals surface area contributed by atoms with E-state index in [1.807, 2.05) is 49.7 Å². The molecule has 1 saturated heterocycles. The highest BCUT2D eigenvalue weighted by Crippen LogP contribution is 2.41. The third-order valence-corrected chi connectivity index (χ3v) is 7.13. The van der Waals surface area contributed by atoms with E-state index in [0.717, 1.165) is 46.7 Å². The lowest BCUT2D eigenvalue weighted by molar-refractivity contribution is -0.116. The minimum Gasteiger partial charge on any atom is -0.495 e. The van der Waals surface area contributed by atoms with Gasteiger partial charge in [-0.25, -0.2) is 14.2 Å². The Hall–Kier alpha value is -4.34. The first-order chi connectivity index (χ1) is 19.2. The molecule has 1 N–H and O–H groups in total. The topological polar surface area (TPSA) is 84.2 Å². The van der Waals surface area contributed by atoms with Crippen LogP contribution < -0.4 is 10.1 Å². The van der Waals surface area contributed by atoms with Crippen LogP contribution in [0.1, 0.15) is 43.5 Å². The fourth-order valence-electron chi connectivity index (χ4n) is 5.21. The number of piperidine rings is 1. The Balaban J connectivity index is 1.48. The summed E-state index contributed by atoms with van der Waals surface area (Å²) in [6.07, 6.45) is 7.49. The molecule has 2 aliphatic heterocycles. The molecule has 2 aliphatic rings. The molecular weight excluding hydrogens is 511 g/mol. The van der Waals surface area contributed by atoms with Crippen molar-refractivity contribution in [1.29, 1.82) is 0 Å². The first kappa shape index (κ1) is 27.2. The van der Waals surface area contributed by atoms with Gasteiger partial charge in [0.15, 0.2) is 5.84 Å². The molecule has 0 bridgehead atoms. The fraction of sp³-hybridized carbons (Fsp3) is 0.367. The second kappa shape index (κ2) is 11.0. The second-order valence-corrected chi connectivity index (χ2v) is 10.5. The predicted octanol–water partition coefficient (Wildman–Crippen LogP) is 5.05. The Bertz CT molecular complexity index is 1450. The number of urea groups is 1. The number of halogens is 1. The number of benzene rings is 2. The number of fused-ring (bicyclic) bond motifs is 1. The number of likely N-dealkylation sites (N-methyl/N-ethyl adjacent to an activating group) is 1. The summed E-state index contributed by atoms with van der Waals surface area (Å²) in [7, 11) is 3.38. The van der Waals surface area contributed by atoms with Gasteiger partial charge in [-0.3, -0.25) is 0 Å². The Morgan fingerprint density at radius 2 is 2.05 bits per heavy atom. The number of amides is 2. The third-order valence-electron chi connectivity index (χ3n) is 7.13. The van der Waals surface area contributed by atoms with Gasteiger partial charge in [0.2, 0.25) is 0 Å². The van der Waals surface area contributed by atoms with Crippen molar-refractivity contribution in [3.05, 3.63) is 83.2 Å². The van der Waals surface area contributed by atoms with Gasteiger partial charge >= 0.3 is 6.03 Å². The summed E-state index contributed by atoms with van der Waals surface area (Å²) in [5.74, 6) is 1.09. The number of nitrogens with zero attached hydrogens (tertiary/aromatic N) is 5. The summed E-state index contributed by atoms with van der Waals surface area (Å²) in [5, 5.41) is 7.47. The summed E-state index contributed by atoms with van der Waals surface area (Å²) < 4.78 is 21.5. The summed E-state index contributed by atoms with van der Waals surface area (Å²) in [5.41, 5.74) is 3.43. The highest BCUT2D eigenvalue weighted by molar-refractivity contribution is 6.03. The molecule has 210 valence electrons. The van der Waals surface area contributed by atoms with E-state index in [1.54, 1.807) is 37.5 Å². The average Bonchev–Trinajstić information content (AvgIpc) is 3.53. The van der Waals surface area contributed by atoms with Gasteiger partial charge in [0.1, 0.15) is 11.6 Å². The van der Waals surface area contributed by atoms with E-state index in [2.05, 4.69) is 26.4 Å². The fourth-order valence-corrected chi connectivity index (χ4v) is 5.21.